The number of carbonyl (C=O) groups is 1. The zero-order valence-electron chi connectivity index (χ0n) is 20.4. The molecule has 1 aliphatic rings. The standard InChI is InChI=1S/C27H29Cl2NO5S2/c1-2-34-27(31)30-25-11-8-19-7-9-20(35-12-4-14-37(32,33)26-5-3-13-36-26)17-21(19)22(25)15-18-6-10-23(28)24(29)16-18/h3,5-7,9-10,13,16-17,22,25H,2,4,8,11-12,14-15H2,1H3,(H,30,31). The molecule has 1 amide bonds. The van der Waals surface area contributed by atoms with Crippen molar-refractivity contribution in [2.75, 3.05) is 19.0 Å². The number of thiophene rings is 1. The van der Waals surface area contributed by atoms with Gasteiger partial charge in [0.25, 0.3) is 0 Å². The van der Waals surface area contributed by atoms with Gasteiger partial charge >= 0.3 is 6.09 Å². The van der Waals surface area contributed by atoms with Crippen molar-refractivity contribution in [1.82, 2.24) is 5.32 Å². The number of fused-ring (bicyclic) bond motifs is 1. The quantitative estimate of drug-likeness (QED) is 0.270. The summed E-state index contributed by atoms with van der Waals surface area (Å²) in [5.41, 5.74) is 3.29. The Morgan fingerprint density at radius 2 is 1.97 bits per heavy atom. The van der Waals surface area contributed by atoms with E-state index in [-0.39, 0.29) is 24.3 Å². The second-order valence-electron chi connectivity index (χ2n) is 8.88. The minimum Gasteiger partial charge on any atom is -0.494 e. The van der Waals surface area contributed by atoms with Crippen LogP contribution in [-0.4, -0.2) is 39.5 Å². The summed E-state index contributed by atoms with van der Waals surface area (Å²) in [5, 5.41) is 5.77. The summed E-state index contributed by atoms with van der Waals surface area (Å²) in [6.45, 7) is 2.36. The lowest BCUT2D eigenvalue weighted by molar-refractivity contribution is 0.144. The van der Waals surface area contributed by atoms with Crippen LogP contribution in [0.4, 0.5) is 4.79 Å². The predicted molar refractivity (Wildman–Crippen MR) is 148 cm³/mol. The van der Waals surface area contributed by atoms with Crippen molar-refractivity contribution in [3.8, 4) is 5.75 Å². The molecule has 198 valence electrons. The first kappa shape index (κ1) is 27.8. The van der Waals surface area contributed by atoms with Crippen molar-refractivity contribution in [2.24, 2.45) is 0 Å². The van der Waals surface area contributed by atoms with E-state index in [1.807, 2.05) is 24.3 Å². The lowest BCUT2D eigenvalue weighted by Gasteiger charge is -2.34. The third-order valence-corrected chi connectivity index (χ3v) is 10.4. The number of benzene rings is 2. The summed E-state index contributed by atoms with van der Waals surface area (Å²) >= 11 is 13.6. The Morgan fingerprint density at radius 1 is 1.14 bits per heavy atom. The van der Waals surface area contributed by atoms with Crippen molar-refractivity contribution in [1.29, 1.82) is 0 Å². The number of halogens is 2. The van der Waals surface area contributed by atoms with E-state index in [9.17, 15) is 13.2 Å². The molecule has 2 unspecified atom stereocenters. The van der Waals surface area contributed by atoms with Crippen molar-refractivity contribution in [3.05, 3.63) is 80.6 Å². The zero-order chi connectivity index (χ0) is 26.4. The molecule has 4 rings (SSSR count). The third kappa shape index (κ3) is 7.19. The summed E-state index contributed by atoms with van der Waals surface area (Å²) in [4.78, 5) is 12.3. The van der Waals surface area contributed by atoms with Crippen LogP contribution >= 0.6 is 34.5 Å². The summed E-state index contributed by atoms with van der Waals surface area (Å²) in [6.07, 6.45) is 2.18. The van der Waals surface area contributed by atoms with E-state index in [1.54, 1.807) is 30.5 Å². The van der Waals surface area contributed by atoms with Crippen LogP contribution in [0.1, 0.15) is 42.4 Å². The van der Waals surface area contributed by atoms with E-state index in [0.717, 1.165) is 24.0 Å². The average molecular weight is 583 g/mol. The Labute approximate surface area is 231 Å². The molecule has 1 N–H and O–H groups in total. The van der Waals surface area contributed by atoms with Gasteiger partial charge in [-0.15, -0.1) is 11.3 Å². The summed E-state index contributed by atoms with van der Waals surface area (Å²) < 4.78 is 36.3. The largest absolute Gasteiger partial charge is 0.494 e. The van der Waals surface area contributed by atoms with Gasteiger partial charge in [0.15, 0.2) is 9.84 Å². The lowest BCUT2D eigenvalue weighted by atomic mass is 9.76. The van der Waals surface area contributed by atoms with E-state index >= 15 is 0 Å². The van der Waals surface area contributed by atoms with Gasteiger partial charge in [0, 0.05) is 12.0 Å². The number of ether oxygens (including phenoxy) is 2. The molecule has 1 aliphatic carbocycles. The molecule has 37 heavy (non-hydrogen) atoms. The minimum atomic E-state index is -3.29. The highest BCUT2D eigenvalue weighted by Gasteiger charge is 2.32. The molecule has 0 saturated heterocycles. The highest BCUT2D eigenvalue weighted by atomic mass is 35.5. The van der Waals surface area contributed by atoms with E-state index in [1.165, 1.54) is 16.9 Å². The monoisotopic (exact) mass is 581 g/mol. The molecule has 3 aromatic rings. The number of aryl methyl sites for hydroxylation is 1. The van der Waals surface area contributed by atoms with Gasteiger partial charge in [-0.1, -0.05) is 41.4 Å². The van der Waals surface area contributed by atoms with Gasteiger partial charge in [-0.3, -0.25) is 0 Å². The first-order chi connectivity index (χ1) is 17.8. The van der Waals surface area contributed by atoms with Gasteiger partial charge < -0.3 is 14.8 Å². The Kier molecular flexibility index (Phi) is 9.40. The van der Waals surface area contributed by atoms with Gasteiger partial charge in [0.2, 0.25) is 0 Å². The molecule has 0 aliphatic heterocycles. The van der Waals surface area contributed by atoms with Crippen LogP contribution in [0.5, 0.6) is 5.75 Å². The second-order valence-corrected chi connectivity index (χ2v) is 13.0. The fraction of sp³-hybridized carbons (Fsp3) is 0.370. The van der Waals surface area contributed by atoms with E-state index in [4.69, 9.17) is 32.7 Å². The second kappa shape index (κ2) is 12.5. The molecular formula is C27H29Cl2NO5S2. The molecule has 0 radical (unpaired) electrons. The molecule has 1 heterocycles. The number of hydrogen-bond acceptors (Lipinski definition) is 6. The predicted octanol–water partition coefficient (Wildman–Crippen LogP) is 6.68. The highest BCUT2D eigenvalue weighted by molar-refractivity contribution is 7.93. The van der Waals surface area contributed by atoms with Crippen molar-refractivity contribution in [3.63, 3.8) is 0 Å². The zero-order valence-corrected chi connectivity index (χ0v) is 23.6. The Balaban J connectivity index is 1.50. The Hall–Kier alpha value is -2.26. The van der Waals surface area contributed by atoms with Crippen molar-refractivity contribution in [2.45, 2.75) is 48.8 Å². The van der Waals surface area contributed by atoms with Gasteiger partial charge in [-0.05, 0) is 85.0 Å². The normalized spacial score (nSPS) is 17.2. The van der Waals surface area contributed by atoms with Crippen LogP contribution in [0.15, 0.2) is 58.1 Å². The number of alkyl carbamates (subject to hydrolysis) is 1. The fourth-order valence-electron chi connectivity index (χ4n) is 4.61. The number of hydrogen-bond donors (Lipinski definition) is 1. The summed E-state index contributed by atoms with van der Waals surface area (Å²) in [6, 6.07) is 14.8. The molecule has 10 heteroatoms. The molecule has 0 fully saturated rings. The molecular weight excluding hydrogens is 553 g/mol. The van der Waals surface area contributed by atoms with Crippen LogP contribution in [0.25, 0.3) is 0 Å². The SMILES string of the molecule is CCOC(=O)NC1CCc2ccc(OCCCS(=O)(=O)c3cccs3)cc2C1Cc1ccc(Cl)c(Cl)c1. The molecule has 0 spiro atoms. The molecule has 0 saturated carbocycles. The van der Waals surface area contributed by atoms with Crippen LogP contribution in [-0.2, 0) is 27.4 Å². The number of rotatable bonds is 10. The highest BCUT2D eigenvalue weighted by Crippen LogP contribution is 2.37. The van der Waals surface area contributed by atoms with Crippen LogP contribution < -0.4 is 10.1 Å². The number of nitrogens with one attached hydrogen (secondary N) is 1. The lowest BCUT2D eigenvalue weighted by Crippen LogP contribution is -2.43. The smallest absolute Gasteiger partial charge is 0.407 e. The maximum Gasteiger partial charge on any atom is 0.407 e. The van der Waals surface area contributed by atoms with Crippen LogP contribution in [0, 0.1) is 0 Å². The van der Waals surface area contributed by atoms with Gasteiger partial charge in [0.1, 0.15) is 9.96 Å². The first-order valence-electron chi connectivity index (χ1n) is 12.2. The van der Waals surface area contributed by atoms with Gasteiger partial charge in [-0.25, -0.2) is 13.2 Å². The fourth-order valence-corrected chi connectivity index (χ4v) is 7.37. The van der Waals surface area contributed by atoms with E-state index in [2.05, 4.69) is 11.4 Å². The molecule has 2 atom stereocenters. The molecule has 0 bridgehead atoms. The maximum absolute atomic E-state index is 12.4. The Bertz CT molecular complexity index is 1330. The number of amides is 1. The van der Waals surface area contributed by atoms with Crippen molar-refractivity contribution >= 4 is 50.5 Å². The molecule has 1 aromatic heterocycles. The number of sulfone groups is 1. The van der Waals surface area contributed by atoms with Gasteiger partial charge in [-0.2, -0.15) is 0 Å². The minimum absolute atomic E-state index is 0.0317. The van der Waals surface area contributed by atoms with E-state index < -0.39 is 15.9 Å². The van der Waals surface area contributed by atoms with Crippen LogP contribution in [0.2, 0.25) is 10.0 Å². The summed E-state index contributed by atoms with van der Waals surface area (Å²) in [5.74, 6) is 0.667. The molecule has 2 aromatic carbocycles. The summed E-state index contributed by atoms with van der Waals surface area (Å²) in [7, 11) is -3.29. The van der Waals surface area contributed by atoms with Gasteiger partial charge in [0.05, 0.1) is 29.0 Å². The average Bonchev–Trinajstić information content (AvgIpc) is 3.42. The maximum atomic E-state index is 12.4. The Morgan fingerprint density at radius 3 is 2.70 bits per heavy atom. The van der Waals surface area contributed by atoms with Crippen LogP contribution in [0.3, 0.4) is 0 Å². The third-order valence-electron chi connectivity index (χ3n) is 6.37. The number of carbonyl (C=O) groups excluding carboxylic acids is 1. The van der Waals surface area contributed by atoms with E-state index in [0.29, 0.717) is 39.5 Å². The first-order valence-corrected chi connectivity index (χ1v) is 15.4. The van der Waals surface area contributed by atoms with Crippen molar-refractivity contribution < 1.29 is 22.7 Å². The topological polar surface area (TPSA) is 81.7 Å². The molecule has 6 nitrogen and oxygen atoms in total.